The maximum atomic E-state index is 12.0. The number of halogens is 2. The predicted molar refractivity (Wildman–Crippen MR) is 112 cm³/mol. The van der Waals surface area contributed by atoms with E-state index in [1.54, 1.807) is 6.07 Å². The summed E-state index contributed by atoms with van der Waals surface area (Å²) in [6.07, 6.45) is 0.312. The average Bonchev–Trinajstić information content (AvgIpc) is 2.73. The predicted octanol–water partition coefficient (Wildman–Crippen LogP) is 2.97. The van der Waals surface area contributed by atoms with Crippen molar-refractivity contribution in [2.75, 3.05) is 37.6 Å². The zero-order valence-corrected chi connectivity index (χ0v) is 16.8. The number of carbonyl (C=O) groups is 2. The van der Waals surface area contributed by atoms with Gasteiger partial charge in [-0.1, -0.05) is 41.4 Å². The molecule has 1 saturated heterocycles. The summed E-state index contributed by atoms with van der Waals surface area (Å²) in [6.45, 7) is 4.31. The van der Waals surface area contributed by atoms with E-state index in [0.29, 0.717) is 23.6 Å². The maximum Gasteiger partial charge on any atom is 0.269 e. The molecule has 0 atom stereocenters. The molecule has 6 nitrogen and oxygen atoms in total. The van der Waals surface area contributed by atoms with Gasteiger partial charge in [0.25, 0.3) is 5.91 Å². The number of hydrogen-bond acceptors (Lipinski definition) is 4. The molecule has 0 spiro atoms. The lowest BCUT2D eigenvalue weighted by Crippen LogP contribution is -2.48. The van der Waals surface area contributed by atoms with Crippen LogP contribution in [0.25, 0.3) is 0 Å². The topological polar surface area (TPSA) is 64.7 Å². The van der Waals surface area contributed by atoms with E-state index in [-0.39, 0.29) is 10.9 Å². The van der Waals surface area contributed by atoms with Gasteiger partial charge >= 0.3 is 0 Å². The summed E-state index contributed by atoms with van der Waals surface area (Å²) >= 11 is 11.7. The number of nitrogens with zero attached hydrogens (tertiary/aromatic N) is 2. The van der Waals surface area contributed by atoms with E-state index in [1.165, 1.54) is 17.8 Å². The van der Waals surface area contributed by atoms with Crippen LogP contribution in [0.4, 0.5) is 5.69 Å². The zero-order valence-electron chi connectivity index (χ0n) is 15.3. The number of para-hydroxylation sites is 1. The monoisotopic (exact) mass is 420 g/mol. The molecule has 1 aliphatic rings. The van der Waals surface area contributed by atoms with E-state index in [1.807, 2.05) is 18.2 Å². The minimum Gasteiger partial charge on any atom is -0.369 e. The summed E-state index contributed by atoms with van der Waals surface area (Å²) < 4.78 is 0. The summed E-state index contributed by atoms with van der Waals surface area (Å²) in [5, 5.41) is 0.657. The molecular weight excluding hydrogens is 399 g/mol. The second-order valence-corrected chi connectivity index (χ2v) is 7.36. The van der Waals surface area contributed by atoms with E-state index in [2.05, 4.69) is 32.8 Å². The van der Waals surface area contributed by atoms with Gasteiger partial charge in [-0.3, -0.25) is 25.3 Å². The first-order chi connectivity index (χ1) is 13.5. The first-order valence-corrected chi connectivity index (χ1v) is 9.85. The number of piperazine rings is 1. The molecule has 0 unspecified atom stereocenters. The van der Waals surface area contributed by atoms with Crippen molar-refractivity contribution in [3.8, 4) is 0 Å². The molecule has 1 fully saturated rings. The van der Waals surface area contributed by atoms with Crippen LogP contribution in [0.15, 0.2) is 48.5 Å². The van der Waals surface area contributed by atoms with Crippen molar-refractivity contribution in [3.63, 3.8) is 0 Å². The van der Waals surface area contributed by atoms with E-state index in [9.17, 15) is 9.59 Å². The van der Waals surface area contributed by atoms with Crippen LogP contribution in [-0.4, -0.2) is 49.4 Å². The highest BCUT2D eigenvalue weighted by Gasteiger charge is 2.18. The number of carbonyl (C=O) groups excluding carboxylic acids is 2. The summed E-state index contributed by atoms with van der Waals surface area (Å²) in [5.74, 6) is -0.678. The highest BCUT2D eigenvalue weighted by Crippen LogP contribution is 2.22. The lowest BCUT2D eigenvalue weighted by atomic mass is 10.2. The van der Waals surface area contributed by atoms with Crippen LogP contribution in [0, 0.1) is 0 Å². The van der Waals surface area contributed by atoms with Crippen LogP contribution in [-0.2, 0) is 4.79 Å². The number of nitrogens with one attached hydrogen (secondary N) is 2. The molecule has 2 aromatic rings. The van der Waals surface area contributed by atoms with Gasteiger partial charge in [-0.25, -0.2) is 0 Å². The largest absolute Gasteiger partial charge is 0.369 e. The van der Waals surface area contributed by atoms with E-state index in [4.69, 9.17) is 23.2 Å². The maximum absolute atomic E-state index is 12.0. The quantitative estimate of drug-likeness (QED) is 0.729. The Hall–Kier alpha value is -2.28. The van der Waals surface area contributed by atoms with Crippen LogP contribution < -0.4 is 15.8 Å². The van der Waals surface area contributed by atoms with Crippen LogP contribution in [0.1, 0.15) is 16.8 Å². The second kappa shape index (κ2) is 9.78. The molecule has 0 saturated carbocycles. The van der Waals surface area contributed by atoms with Gasteiger partial charge in [-0.2, -0.15) is 0 Å². The molecule has 2 N–H and O–H groups in total. The first kappa shape index (κ1) is 20.5. The fourth-order valence-corrected chi connectivity index (χ4v) is 3.32. The van der Waals surface area contributed by atoms with Gasteiger partial charge in [0, 0.05) is 50.4 Å². The molecule has 3 rings (SSSR count). The zero-order chi connectivity index (χ0) is 19.9. The third kappa shape index (κ3) is 5.61. The molecular formula is C20H22Cl2N4O2. The molecule has 2 aromatic carbocycles. The molecule has 1 heterocycles. The SMILES string of the molecule is O=C(CCN1CCN(c2ccccc2)CC1)NNC(=O)c1ccc(Cl)c(Cl)c1. The van der Waals surface area contributed by atoms with Crippen molar-refractivity contribution in [1.29, 1.82) is 0 Å². The van der Waals surface area contributed by atoms with Crippen molar-refractivity contribution in [3.05, 3.63) is 64.1 Å². The van der Waals surface area contributed by atoms with Gasteiger partial charge in [0.2, 0.25) is 5.91 Å². The number of hydrogen-bond donors (Lipinski definition) is 2. The van der Waals surface area contributed by atoms with Gasteiger partial charge < -0.3 is 4.90 Å². The lowest BCUT2D eigenvalue weighted by Gasteiger charge is -2.36. The van der Waals surface area contributed by atoms with Crippen LogP contribution >= 0.6 is 23.2 Å². The number of rotatable bonds is 5. The fraction of sp³-hybridized carbons (Fsp3) is 0.300. The Morgan fingerprint density at radius 3 is 2.29 bits per heavy atom. The molecule has 148 valence electrons. The molecule has 0 aromatic heterocycles. The summed E-state index contributed by atoms with van der Waals surface area (Å²) in [5.41, 5.74) is 6.38. The minimum absolute atomic E-state index is 0.237. The third-order valence-electron chi connectivity index (χ3n) is 4.65. The van der Waals surface area contributed by atoms with Crippen molar-refractivity contribution in [2.24, 2.45) is 0 Å². The Balaban J connectivity index is 1.37. The number of benzene rings is 2. The Bertz CT molecular complexity index is 824. The Morgan fingerprint density at radius 1 is 0.893 bits per heavy atom. The third-order valence-corrected chi connectivity index (χ3v) is 5.38. The minimum atomic E-state index is -0.441. The highest BCUT2D eigenvalue weighted by atomic mass is 35.5. The smallest absolute Gasteiger partial charge is 0.269 e. The van der Waals surface area contributed by atoms with Crippen LogP contribution in [0.3, 0.4) is 0 Å². The molecule has 0 bridgehead atoms. The molecule has 2 amide bonds. The molecule has 28 heavy (non-hydrogen) atoms. The van der Waals surface area contributed by atoms with Crippen molar-refractivity contribution >= 4 is 40.7 Å². The van der Waals surface area contributed by atoms with E-state index < -0.39 is 5.91 Å². The Morgan fingerprint density at radius 2 is 1.61 bits per heavy atom. The lowest BCUT2D eigenvalue weighted by molar-refractivity contribution is -0.122. The summed E-state index contributed by atoms with van der Waals surface area (Å²) in [7, 11) is 0. The van der Waals surface area contributed by atoms with E-state index in [0.717, 1.165) is 26.2 Å². The molecule has 0 radical (unpaired) electrons. The van der Waals surface area contributed by atoms with Crippen LogP contribution in [0.5, 0.6) is 0 Å². The molecule has 1 aliphatic heterocycles. The van der Waals surface area contributed by atoms with E-state index >= 15 is 0 Å². The highest BCUT2D eigenvalue weighted by molar-refractivity contribution is 6.42. The van der Waals surface area contributed by atoms with Gasteiger partial charge in [0.05, 0.1) is 10.0 Å². The molecule has 8 heteroatoms. The van der Waals surface area contributed by atoms with Gasteiger partial charge in [-0.15, -0.1) is 0 Å². The number of anilines is 1. The molecule has 0 aliphatic carbocycles. The van der Waals surface area contributed by atoms with Crippen molar-refractivity contribution < 1.29 is 9.59 Å². The van der Waals surface area contributed by atoms with Gasteiger partial charge in [-0.05, 0) is 30.3 Å². The average molecular weight is 421 g/mol. The van der Waals surface area contributed by atoms with Crippen molar-refractivity contribution in [1.82, 2.24) is 15.8 Å². The fourth-order valence-electron chi connectivity index (χ4n) is 3.03. The summed E-state index contributed by atoms with van der Waals surface area (Å²) in [4.78, 5) is 28.7. The standard InChI is InChI=1S/C20H22Cl2N4O2/c21-17-7-6-15(14-18(17)22)20(28)24-23-19(27)8-9-25-10-12-26(13-11-25)16-4-2-1-3-5-16/h1-7,14H,8-13H2,(H,23,27)(H,24,28). The van der Waals surface area contributed by atoms with Crippen LogP contribution in [0.2, 0.25) is 10.0 Å². The number of hydrazine groups is 1. The Labute approximate surface area is 174 Å². The number of amides is 2. The normalized spacial score (nSPS) is 14.6. The first-order valence-electron chi connectivity index (χ1n) is 9.09. The van der Waals surface area contributed by atoms with Gasteiger partial charge in [0.1, 0.15) is 0 Å². The van der Waals surface area contributed by atoms with Gasteiger partial charge in [0.15, 0.2) is 0 Å². The summed E-state index contributed by atoms with van der Waals surface area (Å²) in [6, 6.07) is 14.9. The Kier molecular flexibility index (Phi) is 7.14. The van der Waals surface area contributed by atoms with Crippen molar-refractivity contribution in [2.45, 2.75) is 6.42 Å². The second-order valence-electron chi connectivity index (χ2n) is 6.55.